The normalized spacial score (nSPS) is 21.6. The van der Waals surface area contributed by atoms with Crippen molar-refractivity contribution in [3.05, 3.63) is 23.8 Å². The van der Waals surface area contributed by atoms with Crippen LogP contribution >= 0.6 is 0 Å². The monoisotopic (exact) mass is 352 g/mol. The lowest BCUT2D eigenvalue weighted by Gasteiger charge is -2.25. The first-order valence-electron chi connectivity index (χ1n) is 7.85. The molecule has 8 nitrogen and oxygen atoms in total. The number of anilines is 1. The molecule has 2 aliphatic heterocycles. The molecule has 1 aromatic rings. The minimum atomic E-state index is -3.81. The Hall–Kier alpha value is -2.29. The Morgan fingerprint density at radius 3 is 3.04 bits per heavy atom. The van der Waals surface area contributed by atoms with Gasteiger partial charge in [-0.05, 0) is 25.0 Å². The van der Waals surface area contributed by atoms with Crippen LogP contribution < -0.4 is 15.2 Å². The van der Waals surface area contributed by atoms with Crippen LogP contribution in [0.3, 0.4) is 0 Å². The summed E-state index contributed by atoms with van der Waals surface area (Å²) in [4.78, 5) is 13.8. The molecule has 1 saturated heterocycles. The van der Waals surface area contributed by atoms with Gasteiger partial charge in [0.1, 0.15) is 12.4 Å². The Balaban J connectivity index is 1.79. The molecular weight excluding hydrogens is 332 g/mol. The number of nitrogens with one attached hydrogen (secondary N) is 1. The first kappa shape index (κ1) is 16.6. The van der Waals surface area contributed by atoms with Crippen LogP contribution in [-0.4, -0.2) is 44.3 Å². The molecule has 0 saturated carbocycles. The fraction of sp³-hybridized carbons (Fsp3) is 0.467. The van der Waals surface area contributed by atoms with Gasteiger partial charge in [-0.25, -0.2) is 0 Å². The molecule has 2 heterocycles. The highest BCUT2D eigenvalue weighted by Gasteiger charge is 2.29. The number of likely N-dealkylation sites (tertiary alicyclic amines) is 1. The quantitative estimate of drug-likeness (QED) is 0.833. The molecule has 1 fully saturated rings. The van der Waals surface area contributed by atoms with Crippen molar-refractivity contribution in [3.63, 3.8) is 0 Å². The van der Waals surface area contributed by atoms with E-state index >= 15 is 0 Å². The van der Waals surface area contributed by atoms with E-state index in [1.165, 1.54) is 0 Å². The highest BCUT2D eigenvalue weighted by Crippen LogP contribution is 2.31. The standard InChI is InChI=1S/C15H20N4O4S/c1-2-13(20)19-8-4-5-10(19)9-23-12-7-3-6-11-14(12)15(16)18-24(21,22)17-11/h3,6-7,10,17H,2,4-5,8-9H2,1H3,(H2,16,18). The maximum atomic E-state index is 11.9. The van der Waals surface area contributed by atoms with E-state index in [9.17, 15) is 13.2 Å². The molecule has 130 valence electrons. The number of hydrogen-bond acceptors (Lipinski definition) is 5. The van der Waals surface area contributed by atoms with Crippen molar-refractivity contribution in [1.29, 1.82) is 0 Å². The number of carbonyl (C=O) groups is 1. The van der Waals surface area contributed by atoms with Crippen LogP contribution in [0, 0.1) is 0 Å². The molecular formula is C15H20N4O4S. The van der Waals surface area contributed by atoms with Gasteiger partial charge in [-0.15, -0.1) is 4.40 Å². The highest BCUT2D eigenvalue weighted by atomic mass is 32.2. The van der Waals surface area contributed by atoms with Crippen molar-refractivity contribution >= 4 is 27.6 Å². The van der Waals surface area contributed by atoms with E-state index in [1.54, 1.807) is 18.2 Å². The van der Waals surface area contributed by atoms with Gasteiger partial charge in [-0.1, -0.05) is 13.0 Å². The van der Waals surface area contributed by atoms with Crippen molar-refractivity contribution in [2.45, 2.75) is 32.2 Å². The Kier molecular flexibility index (Phi) is 4.35. The lowest BCUT2D eigenvalue weighted by molar-refractivity contribution is -0.132. The number of hydrogen-bond donors (Lipinski definition) is 2. The smallest absolute Gasteiger partial charge is 0.344 e. The molecule has 0 aromatic heterocycles. The van der Waals surface area contributed by atoms with E-state index in [2.05, 4.69) is 9.12 Å². The molecule has 0 aliphatic carbocycles. The first-order chi connectivity index (χ1) is 11.4. The van der Waals surface area contributed by atoms with Crippen molar-refractivity contribution in [2.24, 2.45) is 10.1 Å². The van der Waals surface area contributed by atoms with E-state index in [0.717, 1.165) is 19.4 Å². The third kappa shape index (κ3) is 3.16. The molecule has 1 atom stereocenters. The van der Waals surface area contributed by atoms with Crippen LogP contribution in [0.1, 0.15) is 31.7 Å². The largest absolute Gasteiger partial charge is 0.491 e. The zero-order valence-electron chi connectivity index (χ0n) is 13.4. The van der Waals surface area contributed by atoms with E-state index in [-0.39, 0.29) is 17.8 Å². The van der Waals surface area contributed by atoms with E-state index in [0.29, 0.717) is 30.0 Å². The van der Waals surface area contributed by atoms with Gasteiger partial charge in [0.05, 0.1) is 17.3 Å². The maximum Gasteiger partial charge on any atom is 0.344 e. The molecule has 3 N–H and O–H groups in total. The fourth-order valence-electron chi connectivity index (χ4n) is 3.06. The third-order valence-corrected chi connectivity index (χ3v) is 5.09. The van der Waals surface area contributed by atoms with E-state index in [1.807, 2.05) is 11.8 Å². The van der Waals surface area contributed by atoms with Crippen molar-refractivity contribution in [3.8, 4) is 5.75 Å². The zero-order valence-corrected chi connectivity index (χ0v) is 14.2. The molecule has 1 unspecified atom stereocenters. The number of nitrogens with two attached hydrogens (primary N) is 1. The lowest BCUT2D eigenvalue weighted by Crippen LogP contribution is -2.38. The van der Waals surface area contributed by atoms with Crippen LogP contribution in [0.25, 0.3) is 0 Å². The van der Waals surface area contributed by atoms with Gasteiger partial charge in [-0.3, -0.25) is 9.52 Å². The molecule has 9 heteroatoms. The molecule has 2 aliphatic rings. The number of benzene rings is 1. The van der Waals surface area contributed by atoms with Crippen LogP contribution in [0.15, 0.2) is 22.6 Å². The number of carbonyl (C=O) groups excluding carboxylic acids is 1. The summed E-state index contributed by atoms with van der Waals surface area (Å²) in [6.45, 7) is 2.93. The summed E-state index contributed by atoms with van der Waals surface area (Å²) in [6.07, 6.45) is 2.31. The molecule has 1 amide bonds. The topological polar surface area (TPSA) is 114 Å². The highest BCUT2D eigenvalue weighted by molar-refractivity contribution is 7.91. The molecule has 3 rings (SSSR count). The Bertz CT molecular complexity index is 791. The van der Waals surface area contributed by atoms with Gasteiger partial charge < -0.3 is 15.4 Å². The fourth-order valence-corrected chi connectivity index (χ4v) is 3.91. The van der Waals surface area contributed by atoms with Crippen molar-refractivity contribution in [2.75, 3.05) is 17.9 Å². The lowest BCUT2D eigenvalue weighted by atomic mass is 10.1. The molecule has 0 bridgehead atoms. The molecule has 0 radical (unpaired) electrons. The minimum absolute atomic E-state index is 0.0201. The Morgan fingerprint density at radius 1 is 1.50 bits per heavy atom. The van der Waals surface area contributed by atoms with Crippen molar-refractivity contribution < 1.29 is 17.9 Å². The Morgan fingerprint density at radius 2 is 2.29 bits per heavy atom. The second-order valence-corrected chi connectivity index (χ2v) is 7.12. The zero-order chi connectivity index (χ0) is 17.3. The maximum absolute atomic E-state index is 11.9. The summed E-state index contributed by atoms with van der Waals surface area (Å²) < 4.78 is 34.8. The number of fused-ring (bicyclic) bond motifs is 1. The van der Waals surface area contributed by atoms with Gasteiger partial charge in [0, 0.05) is 13.0 Å². The Labute approximate surface area is 140 Å². The predicted molar refractivity (Wildman–Crippen MR) is 90.2 cm³/mol. The summed E-state index contributed by atoms with van der Waals surface area (Å²) in [7, 11) is -3.81. The molecule has 24 heavy (non-hydrogen) atoms. The average Bonchev–Trinajstić information content (AvgIpc) is 2.99. The van der Waals surface area contributed by atoms with Crippen LogP contribution in [-0.2, 0) is 15.0 Å². The second-order valence-electron chi connectivity index (χ2n) is 5.78. The summed E-state index contributed by atoms with van der Waals surface area (Å²) in [6, 6.07) is 5.01. The van der Waals surface area contributed by atoms with Gasteiger partial charge in [0.15, 0.2) is 5.84 Å². The predicted octanol–water partition coefficient (Wildman–Crippen LogP) is 0.842. The minimum Gasteiger partial charge on any atom is -0.491 e. The van der Waals surface area contributed by atoms with Gasteiger partial charge >= 0.3 is 10.2 Å². The van der Waals surface area contributed by atoms with Crippen molar-refractivity contribution in [1.82, 2.24) is 4.90 Å². The van der Waals surface area contributed by atoms with Crippen LogP contribution in [0.4, 0.5) is 5.69 Å². The number of nitrogens with zero attached hydrogens (tertiary/aromatic N) is 2. The second kappa shape index (κ2) is 6.31. The average molecular weight is 352 g/mol. The number of amides is 1. The molecule has 1 aromatic carbocycles. The SMILES string of the molecule is CCC(=O)N1CCCC1COc1cccc2c1C(N)=NS(=O)(=O)N2. The van der Waals surface area contributed by atoms with Crippen LogP contribution in [0.2, 0.25) is 0 Å². The molecule has 0 spiro atoms. The first-order valence-corrected chi connectivity index (χ1v) is 9.29. The van der Waals surface area contributed by atoms with Gasteiger partial charge in [0.2, 0.25) is 5.91 Å². The summed E-state index contributed by atoms with van der Waals surface area (Å²) in [5.74, 6) is 0.462. The van der Waals surface area contributed by atoms with Gasteiger partial charge in [0.25, 0.3) is 0 Å². The van der Waals surface area contributed by atoms with Crippen LogP contribution in [0.5, 0.6) is 5.75 Å². The number of rotatable bonds is 4. The number of amidine groups is 1. The number of ether oxygens (including phenoxy) is 1. The summed E-state index contributed by atoms with van der Waals surface area (Å²) in [5.41, 5.74) is 6.56. The summed E-state index contributed by atoms with van der Waals surface area (Å²) >= 11 is 0. The van der Waals surface area contributed by atoms with Gasteiger partial charge in [-0.2, -0.15) is 8.42 Å². The van der Waals surface area contributed by atoms with E-state index in [4.69, 9.17) is 10.5 Å². The van der Waals surface area contributed by atoms with E-state index < -0.39 is 10.2 Å². The summed E-state index contributed by atoms with van der Waals surface area (Å²) in [5, 5.41) is 0. The third-order valence-electron chi connectivity index (χ3n) is 4.17.